The van der Waals surface area contributed by atoms with Gasteiger partial charge in [0.05, 0.1) is 11.6 Å². The number of nitrogens with one attached hydrogen (secondary N) is 3. The van der Waals surface area contributed by atoms with E-state index in [4.69, 9.17) is 0 Å². The fraction of sp³-hybridized carbons (Fsp3) is 0.250. The van der Waals surface area contributed by atoms with E-state index in [1.807, 2.05) is 49.4 Å². The number of aromatic nitrogens is 3. The fourth-order valence-corrected chi connectivity index (χ4v) is 3.29. The van der Waals surface area contributed by atoms with E-state index < -0.39 is 0 Å². The molecule has 1 aromatic carbocycles. The molecule has 7 heteroatoms. The molecule has 0 saturated heterocycles. The van der Waals surface area contributed by atoms with Crippen LogP contribution in [0.3, 0.4) is 0 Å². The van der Waals surface area contributed by atoms with Gasteiger partial charge in [-0.25, -0.2) is 0 Å². The molecule has 1 atom stereocenters. The molecule has 4 rings (SSSR count). The first kappa shape index (κ1) is 20.5. The molecule has 158 valence electrons. The third-order valence-corrected chi connectivity index (χ3v) is 5.44. The number of hydrogen-bond acceptors (Lipinski definition) is 4. The van der Waals surface area contributed by atoms with Gasteiger partial charge in [-0.1, -0.05) is 36.9 Å². The molecule has 0 spiro atoms. The molecule has 0 unspecified atom stereocenters. The molecule has 2 amide bonds. The first-order valence-electron chi connectivity index (χ1n) is 10.3. The van der Waals surface area contributed by atoms with Gasteiger partial charge in [-0.05, 0) is 43.0 Å². The smallest absolute Gasteiger partial charge is 0.243 e. The van der Waals surface area contributed by atoms with E-state index in [9.17, 15) is 9.59 Å². The highest BCUT2D eigenvalue weighted by atomic mass is 16.2. The zero-order valence-corrected chi connectivity index (χ0v) is 17.4. The lowest BCUT2D eigenvalue weighted by atomic mass is 9.98. The van der Waals surface area contributed by atoms with Crippen LogP contribution in [-0.4, -0.2) is 27.0 Å². The Hall–Kier alpha value is -3.74. The number of carbonyl (C=O) groups is 2. The summed E-state index contributed by atoms with van der Waals surface area (Å²) >= 11 is 0. The Morgan fingerprint density at radius 3 is 2.65 bits per heavy atom. The maximum Gasteiger partial charge on any atom is 0.243 e. The van der Waals surface area contributed by atoms with Crippen LogP contribution in [0.1, 0.15) is 48.4 Å². The first-order chi connectivity index (χ1) is 15.0. The number of hydrogen-bond donors (Lipinski definition) is 3. The van der Waals surface area contributed by atoms with E-state index in [-0.39, 0.29) is 17.7 Å². The summed E-state index contributed by atoms with van der Waals surface area (Å²) in [5.74, 6) is 0.527. The quantitative estimate of drug-likeness (QED) is 0.486. The molecule has 2 aromatic heterocycles. The topological polar surface area (TPSA) is 99.8 Å². The van der Waals surface area contributed by atoms with Gasteiger partial charge in [-0.3, -0.25) is 19.7 Å². The Bertz CT molecular complexity index is 1080. The number of H-pyrrole nitrogens is 1. The van der Waals surface area contributed by atoms with E-state index in [2.05, 4.69) is 32.4 Å². The van der Waals surface area contributed by atoms with Crippen molar-refractivity contribution in [3.63, 3.8) is 0 Å². The Kier molecular flexibility index (Phi) is 5.93. The lowest BCUT2D eigenvalue weighted by Crippen LogP contribution is -2.19. The number of pyridine rings is 1. The Labute approximate surface area is 181 Å². The second-order valence-electron chi connectivity index (χ2n) is 7.79. The number of anilines is 1. The lowest BCUT2D eigenvalue weighted by Gasteiger charge is -2.12. The van der Waals surface area contributed by atoms with E-state index in [0.29, 0.717) is 18.3 Å². The summed E-state index contributed by atoms with van der Waals surface area (Å²) in [5, 5.41) is 12.8. The normalized spacial score (nSPS) is 14.0. The Morgan fingerprint density at radius 2 is 2.00 bits per heavy atom. The van der Waals surface area contributed by atoms with Gasteiger partial charge in [-0.2, -0.15) is 5.10 Å². The molecule has 0 bridgehead atoms. The molecule has 31 heavy (non-hydrogen) atoms. The molecule has 1 aliphatic rings. The van der Waals surface area contributed by atoms with Gasteiger partial charge in [0.1, 0.15) is 0 Å². The standard InChI is InChI=1S/C24H25N5O2/c1-3-23(30)26-14-16-4-11-20(25-13-16)18-7-5-17(6-8-18)15(2)24(31)27-22-12-21(28-29-22)19-9-10-19/h3-8,11-13,15,19H,1,9-10,14H2,2H3,(H,26,30)(H2,27,28,29,31)/t15-/m1/s1. The molecular weight excluding hydrogens is 390 g/mol. The van der Waals surface area contributed by atoms with Gasteiger partial charge in [0.2, 0.25) is 11.8 Å². The van der Waals surface area contributed by atoms with Crippen molar-refractivity contribution < 1.29 is 9.59 Å². The Balaban J connectivity index is 1.36. The molecule has 1 fully saturated rings. The summed E-state index contributed by atoms with van der Waals surface area (Å²) in [7, 11) is 0. The molecule has 0 radical (unpaired) electrons. The largest absolute Gasteiger partial charge is 0.348 e. The van der Waals surface area contributed by atoms with E-state index in [1.165, 1.54) is 18.9 Å². The highest BCUT2D eigenvalue weighted by Crippen LogP contribution is 2.39. The summed E-state index contributed by atoms with van der Waals surface area (Å²) in [6.07, 6.45) is 5.34. The average Bonchev–Trinajstić information content (AvgIpc) is 3.56. The number of aromatic amines is 1. The second kappa shape index (κ2) is 8.95. The van der Waals surface area contributed by atoms with Crippen LogP contribution < -0.4 is 10.6 Å². The van der Waals surface area contributed by atoms with Crippen molar-refractivity contribution in [1.29, 1.82) is 0 Å². The molecule has 1 aliphatic carbocycles. The minimum atomic E-state index is -0.307. The SMILES string of the molecule is C=CC(=O)NCc1ccc(-c2ccc([C@@H](C)C(=O)Nc3cc(C4CC4)[nH]n3)cc2)nc1. The Morgan fingerprint density at radius 1 is 1.23 bits per heavy atom. The van der Waals surface area contributed by atoms with Crippen molar-refractivity contribution >= 4 is 17.6 Å². The van der Waals surface area contributed by atoms with Gasteiger partial charge >= 0.3 is 0 Å². The molecular formula is C24H25N5O2. The maximum absolute atomic E-state index is 12.6. The molecule has 7 nitrogen and oxygen atoms in total. The minimum absolute atomic E-state index is 0.0920. The predicted octanol–water partition coefficient (Wildman–Crippen LogP) is 3.89. The van der Waals surface area contributed by atoms with E-state index >= 15 is 0 Å². The molecule has 2 heterocycles. The average molecular weight is 415 g/mol. The van der Waals surface area contributed by atoms with Crippen LogP contribution in [0.4, 0.5) is 5.82 Å². The zero-order chi connectivity index (χ0) is 21.8. The van der Waals surface area contributed by atoms with Gasteiger partial charge in [0.15, 0.2) is 5.82 Å². The first-order valence-corrected chi connectivity index (χ1v) is 10.3. The van der Waals surface area contributed by atoms with Crippen LogP contribution in [0.25, 0.3) is 11.3 Å². The maximum atomic E-state index is 12.6. The third kappa shape index (κ3) is 5.06. The van der Waals surface area contributed by atoms with E-state index in [1.54, 1.807) is 6.20 Å². The van der Waals surface area contributed by atoms with Crippen LogP contribution in [0, 0.1) is 0 Å². The number of amides is 2. The van der Waals surface area contributed by atoms with Crippen LogP contribution in [0.15, 0.2) is 61.3 Å². The fourth-order valence-electron chi connectivity index (χ4n) is 3.29. The van der Waals surface area contributed by atoms with Crippen molar-refractivity contribution in [2.24, 2.45) is 0 Å². The van der Waals surface area contributed by atoms with Crippen LogP contribution in [0.2, 0.25) is 0 Å². The second-order valence-corrected chi connectivity index (χ2v) is 7.79. The number of rotatable bonds is 8. The summed E-state index contributed by atoms with van der Waals surface area (Å²) in [5.41, 5.74) is 4.70. The number of carbonyl (C=O) groups excluding carboxylic acids is 2. The zero-order valence-electron chi connectivity index (χ0n) is 17.4. The summed E-state index contributed by atoms with van der Waals surface area (Å²) in [6, 6.07) is 13.6. The lowest BCUT2D eigenvalue weighted by molar-refractivity contribution is -0.117. The van der Waals surface area contributed by atoms with Crippen molar-refractivity contribution in [3.8, 4) is 11.3 Å². The molecule has 3 aromatic rings. The molecule has 0 aliphatic heterocycles. The van der Waals surface area contributed by atoms with Crippen molar-refractivity contribution in [3.05, 3.63) is 78.1 Å². The van der Waals surface area contributed by atoms with Crippen LogP contribution in [-0.2, 0) is 16.1 Å². The summed E-state index contributed by atoms with van der Waals surface area (Å²) < 4.78 is 0. The minimum Gasteiger partial charge on any atom is -0.348 e. The van der Waals surface area contributed by atoms with Crippen molar-refractivity contribution in [2.75, 3.05) is 5.32 Å². The van der Waals surface area contributed by atoms with Gasteiger partial charge in [-0.15, -0.1) is 0 Å². The van der Waals surface area contributed by atoms with Crippen LogP contribution >= 0.6 is 0 Å². The van der Waals surface area contributed by atoms with E-state index in [0.717, 1.165) is 28.1 Å². The molecule has 1 saturated carbocycles. The predicted molar refractivity (Wildman–Crippen MR) is 119 cm³/mol. The van der Waals surface area contributed by atoms with Crippen molar-refractivity contribution in [1.82, 2.24) is 20.5 Å². The third-order valence-electron chi connectivity index (χ3n) is 5.44. The highest BCUT2D eigenvalue weighted by molar-refractivity contribution is 5.95. The monoisotopic (exact) mass is 415 g/mol. The van der Waals surface area contributed by atoms with Gasteiger partial charge in [0, 0.05) is 36.0 Å². The summed E-state index contributed by atoms with van der Waals surface area (Å²) in [4.78, 5) is 28.3. The number of nitrogens with zero attached hydrogens (tertiary/aromatic N) is 2. The van der Waals surface area contributed by atoms with Gasteiger partial charge in [0.25, 0.3) is 0 Å². The summed E-state index contributed by atoms with van der Waals surface area (Å²) in [6.45, 7) is 5.71. The number of benzene rings is 1. The highest BCUT2D eigenvalue weighted by Gasteiger charge is 2.26. The van der Waals surface area contributed by atoms with Crippen LogP contribution in [0.5, 0.6) is 0 Å². The molecule has 3 N–H and O–H groups in total. The van der Waals surface area contributed by atoms with Crippen molar-refractivity contribution in [2.45, 2.75) is 38.1 Å². The van der Waals surface area contributed by atoms with Gasteiger partial charge < -0.3 is 10.6 Å².